The lowest BCUT2D eigenvalue weighted by Gasteiger charge is -2.12. The van der Waals surface area contributed by atoms with Crippen LogP contribution in [0.25, 0.3) is 22.4 Å². The molecule has 3 aromatic rings. The summed E-state index contributed by atoms with van der Waals surface area (Å²) in [6.07, 6.45) is 0. The van der Waals surface area contributed by atoms with Crippen molar-refractivity contribution in [2.45, 2.75) is 0 Å². The third-order valence-electron chi connectivity index (χ3n) is 3.56. The number of anilines is 1. The first-order chi connectivity index (χ1) is 11.6. The topological polar surface area (TPSA) is 74.7 Å². The zero-order chi connectivity index (χ0) is 17.1. The molecule has 0 aliphatic heterocycles. The summed E-state index contributed by atoms with van der Waals surface area (Å²) in [5.41, 5.74) is 6.01. The molecule has 6 heteroatoms. The number of pyridine rings is 1. The summed E-state index contributed by atoms with van der Waals surface area (Å²) >= 11 is 11.9. The standard InChI is InChI=1S/C18H12Cl2N4/c19-13-5-1-11(2-6-13)15-9-17(12-3-7-14(20)8-4-12)23-18(24-22)16(15)10-21/h1-9H,22H2,(H,23,24). The highest BCUT2D eigenvalue weighted by molar-refractivity contribution is 6.30. The third kappa shape index (κ3) is 3.19. The van der Waals surface area contributed by atoms with Gasteiger partial charge in [0.05, 0.1) is 5.69 Å². The summed E-state index contributed by atoms with van der Waals surface area (Å²) in [6.45, 7) is 0. The lowest BCUT2D eigenvalue weighted by molar-refractivity contribution is 1.22. The van der Waals surface area contributed by atoms with Gasteiger partial charge < -0.3 is 5.43 Å². The van der Waals surface area contributed by atoms with Crippen LogP contribution >= 0.6 is 23.2 Å². The predicted molar refractivity (Wildman–Crippen MR) is 97.7 cm³/mol. The summed E-state index contributed by atoms with van der Waals surface area (Å²) in [6, 6.07) is 18.6. The van der Waals surface area contributed by atoms with Crippen molar-refractivity contribution in [3.05, 3.63) is 70.2 Å². The molecule has 24 heavy (non-hydrogen) atoms. The van der Waals surface area contributed by atoms with Gasteiger partial charge in [-0.2, -0.15) is 5.26 Å². The van der Waals surface area contributed by atoms with Gasteiger partial charge in [-0.05, 0) is 35.9 Å². The van der Waals surface area contributed by atoms with Gasteiger partial charge in [0.2, 0.25) is 0 Å². The molecule has 0 radical (unpaired) electrons. The van der Waals surface area contributed by atoms with Crippen LogP contribution in [0.5, 0.6) is 0 Å². The first kappa shape index (κ1) is 16.3. The fourth-order valence-electron chi connectivity index (χ4n) is 2.39. The van der Waals surface area contributed by atoms with E-state index in [0.29, 0.717) is 27.1 Å². The van der Waals surface area contributed by atoms with Crippen LogP contribution in [0.2, 0.25) is 10.0 Å². The van der Waals surface area contributed by atoms with E-state index < -0.39 is 0 Å². The molecule has 0 aliphatic carbocycles. The van der Waals surface area contributed by atoms with Crippen molar-refractivity contribution >= 4 is 29.0 Å². The quantitative estimate of drug-likeness (QED) is 0.519. The fourth-order valence-corrected chi connectivity index (χ4v) is 2.64. The Morgan fingerprint density at radius 1 is 0.917 bits per heavy atom. The number of nitrogen functional groups attached to an aromatic ring is 1. The van der Waals surface area contributed by atoms with E-state index in [4.69, 9.17) is 29.0 Å². The smallest absolute Gasteiger partial charge is 0.159 e. The van der Waals surface area contributed by atoms with E-state index in [2.05, 4.69) is 16.5 Å². The largest absolute Gasteiger partial charge is 0.307 e. The van der Waals surface area contributed by atoms with E-state index in [9.17, 15) is 5.26 Å². The van der Waals surface area contributed by atoms with Crippen LogP contribution in [0, 0.1) is 11.3 Å². The number of hydrazine groups is 1. The molecule has 0 aliphatic rings. The predicted octanol–water partition coefficient (Wildman–Crippen LogP) is 4.88. The Morgan fingerprint density at radius 2 is 1.46 bits per heavy atom. The molecule has 0 saturated heterocycles. The Morgan fingerprint density at radius 3 is 1.96 bits per heavy atom. The van der Waals surface area contributed by atoms with Gasteiger partial charge in [-0.25, -0.2) is 10.8 Å². The fraction of sp³-hybridized carbons (Fsp3) is 0. The number of nitrogens with one attached hydrogen (secondary N) is 1. The molecule has 3 N–H and O–H groups in total. The van der Waals surface area contributed by atoms with Crippen LogP contribution in [-0.4, -0.2) is 4.98 Å². The Labute approximate surface area is 149 Å². The number of nitrogens with zero attached hydrogens (tertiary/aromatic N) is 2. The Kier molecular flexibility index (Phi) is 4.68. The molecule has 0 bridgehead atoms. The molecule has 3 rings (SSSR count). The van der Waals surface area contributed by atoms with Gasteiger partial charge in [0, 0.05) is 21.2 Å². The first-order valence-corrected chi connectivity index (χ1v) is 7.81. The Balaban J connectivity index is 2.23. The molecule has 118 valence electrons. The Hall–Kier alpha value is -2.58. The van der Waals surface area contributed by atoms with Gasteiger partial charge in [-0.15, -0.1) is 0 Å². The van der Waals surface area contributed by atoms with Crippen LogP contribution in [0.15, 0.2) is 54.6 Å². The zero-order valence-corrected chi connectivity index (χ0v) is 13.9. The first-order valence-electron chi connectivity index (χ1n) is 7.06. The number of halogens is 2. The van der Waals surface area contributed by atoms with Crippen LogP contribution in [0.4, 0.5) is 5.82 Å². The molecule has 1 heterocycles. The summed E-state index contributed by atoms with van der Waals surface area (Å²) in [5, 5.41) is 10.8. The van der Waals surface area contributed by atoms with E-state index in [1.165, 1.54) is 0 Å². The molecule has 0 atom stereocenters. The number of hydrogen-bond donors (Lipinski definition) is 2. The highest BCUT2D eigenvalue weighted by atomic mass is 35.5. The molecule has 0 amide bonds. The molecule has 4 nitrogen and oxygen atoms in total. The average Bonchev–Trinajstić information content (AvgIpc) is 2.62. The van der Waals surface area contributed by atoms with E-state index in [0.717, 1.165) is 16.7 Å². The second-order valence-corrected chi connectivity index (χ2v) is 5.92. The minimum absolute atomic E-state index is 0.315. The zero-order valence-electron chi connectivity index (χ0n) is 12.4. The molecule has 0 unspecified atom stereocenters. The highest BCUT2D eigenvalue weighted by Crippen LogP contribution is 2.32. The average molecular weight is 355 g/mol. The molecular weight excluding hydrogens is 343 g/mol. The summed E-state index contributed by atoms with van der Waals surface area (Å²) in [4.78, 5) is 4.44. The molecule has 0 fully saturated rings. The second kappa shape index (κ2) is 6.90. The second-order valence-electron chi connectivity index (χ2n) is 5.05. The van der Waals surface area contributed by atoms with Crippen molar-refractivity contribution in [3.63, 3.8) is 0 Å². The molecule has 0 spiro atoms. The van der Waals surface area contributed by atoms with Crippen molar-refractivity contribution in [3.8, 4) is 28.5 Å². The molecule has 2 aromatic carbocycles. The highest BCUT2D eigenvalue weighted by Gasteiger charge is 2.14. The van der Waals surface area contributed by atoms with Crippen molar-refractivity contribution in [2.24, 2.45) is 5.84 Å². The maximum absolute atomic E-state index is 9.52. The number of aromatic nitrogens is 1. The van der Waals surface area contributed by atoms with Gasteiger partial charge in [0.15, 0.2) is 5.82 Å². The van der Waals surface area contributed by atoms with Crippen molar-refractivity contribution in [1.29, 1.82) is 5.26 Å². The molecule has 0 saturated carbocycles. The van der Waals surface area contributed by atoms with Crippen LogP contribution in [-0.2, 0) is 0 Å². The summed E-state index contributed by atoms with van der Waals surface area (Å²) < 4.78 is 0. The van der Waals surface area contributed by atoms with Gasteiger partial charge in [-0.1, -0.05) is 47.5 Å². The van der Waals surface area contributed by atoms with E-state index in [-0.39, 0.29) is 0 Å². The number of benzene rings is 2. The summed E-state index contributed by atoms with van der Waals surface area (Å²) in [5.74, 6) is 5.88. The van der Waals surface area contributed by atoms with Crippen LogP contribution < -0.4 is 11.3 Å². The molecular formula is C18H12Cl2N4. The van der Waals surface area contributed by atoms with E-state index in [1.54, 1.807) is 24.3 Å². The maximum Gasteiger partial charge on any atom is 0.159 e. The third-order valence-corrected chi connectivity index (χ3v) is 4.07. The van der Waals surface area contributed by atoms with E-state index in [1.807, 2.05) is 30.3 Å². The van der Waals surface area contributed by atoms with Gasteiger partial charge >= 0.3 is 0 Å². The normalized spacial score (nSPS) is 10.2. The van der Waals surface area contributed by atoms with Gasteiger partial charge in [0.1, 0.15) is 11.6 Å². The van der Waals surface area contributed by atoms with Crippen molar-refractivity contribution in [2.75, 3.05) is 5.43 Å². The Bertz CT molecular complexity index is 913. The van der Waals surface area contributed by atoms with E-state index >= 15 is 0 Å². The minimum atomic E-state index is 0.315. The maximum atomic E-state index is 9.52. The number of nitrogens with two attached hydrogens (primary N) is 1. The minimum Gasteiger partial charge on any atom is -0.307 e. The SMILES string of the molecule is N#Cc1c(-c2ccc(Cl)cc2)cc(-c2ccc(Cl)cc2)nc1NN. The van der Waals surface area contributed by atoms with Gasteiger partial charge in [-0.3, -0.25) is 0 Å². The molecule has 1 aromatic heterocycles. The van der Waals surface area contributed by atoms with Crippen molar-refractivity contribution < 1.29 is 0 Å². The number of hydrogen-bond acceptors (Lipinski definition) is 4. The van der Waals surface area contributed by atoms with Crippen LogP contribution in [0.1, 0.15) is 5.56 Å². The summed E-state index contributed by atoms with van der Waals surface area (Å²) in [7, 11) is 0. The van der Waals surface area contributed by atoms with Crippen LogP contribution in [0.3, 0.4) is 0 Å². The lowest BCUT2D eigenvalue weighted by Crippen LogP contribution is -2.11. The lowest BCUT2D eigenvalue weighted by atomic mass is 9.98. The number of rotatable bonds is 3. The van der Waals surface area contributed by atoms with Crippen molar-refractivity contribution in [1.82, 2.24) is 4.98 Å². The monoisotopic (exact) mass is 354 g/mol. The number of nitriles is 1. The van der Waals surface area contributed by atoms with Gasteiger partial charge in [0.25, 0.3) is 0 Å².